The molecule has 0 aliphatic carbocycles. The third-order valence-corrected chi connectivity index (χ3v) is 5.55. The van der Waals surface area contributed by atoms with Gasteiger partial charge in [-0.2, -0.15) is 4.33 Å². The normalized spacial score (nSPS) is 13.8. The van der Waals surface area contributed by atoms with Gasteiger partial charge in [-0.3, -0.25) is 14.6 Å². The van der Waals surface area contributed by atoms with E-state index in [9.17, 15) is 14.8 Å². The first-order valence-corrected chi connectivity index (χ1v) is 11.3. The third-order valence-electron chi connectivity index (χ3n) is 4.83. The SMILES string of the molecule is CCCCC(CC)COC(=O)CC(SOO[O-])C(=O)OCC(CC)CCCC.[Na+]. The average molecular weight is 445 g/mol. The van der Waals surface area contributed by atoms with Crippen LogP contribution in [0.1, 0.15) is 85.5 Å². The van der Waals surface area contributed by atoms with E-state index in [0.717, 1.165) is 51.4 Å². The maximum Gasteiger partial charge on any atom is 1.00 e. The minimum absolute atomic E-state index is 0. The second kappa shape index (κ2) is 21.4. The molecule has 166 valence electrons. The van der Waals surface area contributed by atoms with Gasteiger partial charge in [-0.15, -0.1) is 0 Å². The summed E-state index contributed by atoms with van der Waals surface area (Å²) in [7, 11) is 0. The Morgan fingerprint density at radius 2 is 1.41 bits per heavy atom. The molecular weight excluding hydrogens is 407 g/mol. The molecule has 0 aromatic rings. The van der Waals surface area contributed by atoms with E-state index < -0.39 is 17.2 Å². The van der Waals surface area contributed by atoms with Crippen molar-refractivity contribution in [1.29, 1.82) is 0 Å². The molecule has 0 aliphatic heterocycles. The summed E-state index contributed by atoms with van der Waals surface area (Å²) < 4.78 is 14.9. The molecule has 0 rings (SSSR count). The predicted octanol–water partition coefficient (Wildman–Crippen LogP) is 1.14. The summed E-state index contributed by atoms with van der Waals surface area (Å²) in [6.07, 6.45) is 7.93. The summed E-state index contributed by atoms with van der Waals surface area (Å²) in [5.74, 6) is -0.530. The minimum Gasteiger partial charge on any atom is -0.691 e. The molecule has 0 aliphatic rings. The van der Waals surface area contributed by atoms with Crippen LogP contribution < -0.4 is 34.8 Å². The van der Waals surface area contributed by atoms with Crippen LogP contribution in [0.4, 0.5) is 0 Å². The predicted molar refractivity (Wildman–Crippen MR) is 107 cm³/mol. The van der Waals surface area contributed by atoms with E-state index in [2.05, 4.69) is 37.1 Å². The summed E-state index contributed by atoms with van der Waals surface area (Å²) in [5.41, 5.74) is 0. The quantitative estimate of drug-likeness (QED) is 0.102. The van der Waals surface area contributed by atoms with Crippen molar-refractivity contribution in [2.75, 3.05) is 13.2 Å². The van der Waals surface area contributed by atoms with E-state index in [4.69, 9.17) is 9.47 Å². The minimum atomic E-state index is -0.999. The fourth-order valence-electron chi connectivity index (χ4n) is 2.73. The molecule has 0 bridgehead atoms. The molecule has 0 radical (unpaired) electrons. The van der Waals surface area contributed by atoms with Crippen LogP contribution in [0.15, 0.2) is 0 Å². The maximum atomic E-state index is 12.3. The Labute approximate surface area is 202 Å². The monoisotopic (exact) mass is 444 g/mol. The van der Waals surface area contributed by atoms with Crippen LogP contribution in [0, 0.1) is 11.8 Å². The topological polar surface area (TPSA) is 94.1 Å². The van der Waals surface area contributed by atoms with Crippen LogP contribution in [0.25, 0.3) is 0 Å². The van der Waals surface area contributed by atoms with Crippen molar-refractivity contribution in [2.24, 2.45) is 11.8 Å². The molecule has 0 heterocycles. The number of hydrogen-bond acceptors (Lipinski definition) is 8. The second-order valence-electron chi connectivity index (χ2n) is 7.07. The van der Waals surface area contributed by atoms with Crippen LogP contribution >= 0.6 is 12.0 Å². The number of carbonyl (C=O) groups excluding carboxylic acids is 2. The van der Waals surface area contributed by atoms with Gasteiger partial charge in [0.15, 0.2) is 0 Å². The molecule has 0 fully saturated rings. The number of esters is 2. The van der Waals surface area contributed by atoms with Crippen molar-refractivity contribution in [3.8, 4) is 0 Å². The van der Waals surface area contributed by atoms with Gasteiger partial charge in [0.25, 0.3) is 0 Å². The van der Waals surface area contributed by atoms with Crippen LogP contribution in [0.3, 0.4) is 0 Å². The van der Waals surface area contributed by atoms with E-state index in [1.807, 2.05) is 0 Å². The van der Waals surface area contributed by atoms with Gasteiger partial charge in [-0.25, -0.2) is 0 Å². The number of unbranched alkanes of at least 4 members (excludes halogenated alkanes) is 2. The van der Waals surface area contributed by atoms with Crippen molar-refractivity contribution >= 4 is 24.0 Å². The molecule has 7 nitrogen and oxygen atoms in total. The van der Waals surface area contributed by atoms with E-state index in [1.165, 1.54) is 0 Å². The Morgan fingerprint density at radius 1 is 0.897 bits per heavy atom. The van der Waals surface area contributed by atoms with Gasteiger partial charge in [-0.05, 0) is 24.7 Å². The largest absolute Gasteiger partial charge is 1.00 e. The Morgan fingerprint density at radius 3 is 1.86 bits per heavy atom. The number of hydrogen-bond donors (Lipinski definition) is 0. The molecule has 0 saturated heterocycles. The Balaban J connectivity index is 0. The van der Waals surface area contributed by atoms with Crippen LogP contribution in [-0.4, -0.2) is 30.4 Å². The van der Waals surface area contributed by atoms with Gasteiger partial charge in [-0.1, -0.05) is 66.2 Å². The van der Waals surface area contributed by atoms with E-state index >= 15 is 0 Å². The summed E-state index contributed by atoms with van der Waals surface area (Å²) in [4.78, 5) is 24.5. The van der Waals surface area contributed by atoms with E-state index in [1.54, 1.807) is 0 Å². The van der Waals surface area contributed by atoms with Crippen molar-refractivity contribution in [3.05, 3.63) is 0 Å². The van der Waals surface area contributed by atoms with Crippen LogP contribution in [0.5, 0.6) is 0 Å². The van der Waals surface area contributed by atoms with Gasteiger partial charge >= 0.3 is 41.5 Å². The van der Waals surface area contributed by atoms with Crippen molar-refractivity contribution in [1.82, 2.24) is 0 Å². The van der Waals surface area contributed by atoms with Crippen molar-refractivity contribution in [2.45, 2.75) is 90.7 Å². The molecule has 0 spiro atoms. The number of rotatable bonds is 18. The van der Waals surface area contributed by atoms with Crippen LogP contribution in [0.2, 0.25) is 0 Å². The molecule has 3 atom stereocenters. The average Bonchev–Trinajstić information content (AvgIpc) is 2.71. The molecule has 9 heteroatoms. The fourth-order valence-corrected chi connectivity index (χ4v) is 3.21. The van der Waals surface area contributed by atoms with E-state index in [-0.39, 0.29) is 48.5 Å². The van der Waals surface area contributed by atoms with Gasteiger partial charge < -0.3 is 14.7 Å². The van der Waals surface area contributed by atoms with Gasteiger partial charge in [0, 0.05) is 12.0 Å². The van der Waals surface area contributed by atoms with Gasteiger partial charge in [0.05, 0.1) is 19.6 Å². The summed E-state index contributed by atoms with van der Waals surface area (Å²) in [5, 5.41) is 12.4. The summed E-state index contributed by atoms with van der Waals surface area (Å²) in [6.45, 7) is 8.96. The molecule has 0 N–H and O–H groups in total. The molecular formula is C20H37NaO7S. The zero-order chi connectivity index (χ0) is 21.2. The number of ether oxygens (including phenoxy) is 2. The molecule has 0 saturated carbocycles. The Bertz CT molecular complexity index is 412. The van der Waals surface area contributed by atoms with Crippen molar-refractivity contribution in [3.63, 3.8) is 0 Å². The molecule has 29 heavy (non-hydrogen) atoms. The summed E-state index contributed by atoms with van der Waals surface area (Å²) >= 11 is 0.479. The second-order valence-corrected chi connectivity index (χ2v) is 7.97. The Kier molecular flexibility index (Phi) is 23.1. The van der Waals surface area contributed by atoms with Gasteiger partial charge in [0.1, 0.15) is 5.25 Å². The molecule has 3 unspecified atom stereocenters. The third kappa shape index (κ3) is 16.5. The smallest absolute Gasteiger partial charge is 0.691 e. The molecule has 0 amide bonds. The van der Waals surface area contributed by atoms with E-state index in [0.29, 0.717) is 24.6 Å². The van der Waals surface area contributed by atoms with Crippen molar-refractivity contribution < 1.29 is 63.2 Å². The van der Waals surface area contributed by atoms with Gasteiger partial charge in [0.2, 0.25) is 0 Å². The molecule has 0 aromatic heterocycles. The standard InChI is InChI=1S/C20H38O7S.Na/c1-5-9-11-16(7-3)14-24-19(21)13-18(28-27-26-23)20(22)25-15-17(8-4)12-10-6-2;/h16-18,23H,5-15H2,1-4H3;/q;+1/p-1. The first-order valence-electron chi connectivity index (χ1n) is 10.5. The first kappa shape index (κ1) is 31.4. The number of carbonyl (C=O) groups is 2. The fraction of sp³-hybridized carbons (Fsp3) is 0.900. The maximum absolute atomic E-state index is 12.3. The molecule has 0 aromatic carbocycles. The van der Waals surface area contributed by atoms with Crippen LogP contribution in [-0.2, 0) is 28.4 Å². The summed E-state index contributed by atoms with van der Waals surface area (Å²) in [6, 6.07) is 0. The first-order chi connectivity index (χ1) is 13.5. The Hall–Kier alpha value is 0.170. The zero-order valence-electron chi connectivity index (χ0n) is 18.8. The zero-order valence-corrected chi connectivity index (χ0v) is 21.6.